The van der Waals surface area contributed by atoms with Gasteiger partial charge in [0.05, 0.1) is 26.0 Å². The van der Waals surface area contributed by atoms with Crippen LogP contribution >= 0.6 is 0 Å². The summed E-state index contributed by atoms with van der Waals surface area (Å²) >= 11 is 0. The summed E-state index contributed by atoms with van der Waals surface area (Å²) in [6.07, 6.45) is 0. The molecular weight excluding hydrogens is 349 g/mol. The summed E-state index contributed by atoms with van der Waals surface area (Å²) in [5.74, 6) is 0.689. The fourth-order valence-electron chi connectivity index (χ4n) is 2.74. The molecule has 27 heavy (non-hydrogen) atoms. The number of aromatic amines is 1. The van der Waals surface area contributed by atoms with Gasteiger partial charge in [-0.05, 0) is 55.5 Å². The van der Waals surface area contributed by atoms with Crippen LogP contribution in [0.5, 0.6) is 11.5 Å². The van der Waals surface area contributed by atoms with E-state index in [1.165, 1.54) is 12.1 Å². The van der Waals surface area contributed by atoms with Crippen molar-refractivity contribution < 1.29 is 18.7 Å². The minimum absolute atomic E-state index is 0.308. The van der Waals surface area contributed by atoms with Gasteiger partial charge in [0, 0.05) is 11.1 Å². The smallest absolute Gasteiger partial charge is 0.269 e. The van der Waals surface area contributed by atoms with E-state index in [0.29, 0.717) is 28.5 Å². The predicted molar refractivity (Wildman–Crippen MR) is 99.4 cm³/mol. The van der Waals surface area contributed by atoms with E-state index in [-0.39, 0.29) is 17.8 Å². The minimum Gasteiger partial charge on any atom is -0.497 e. The summed E-state index contributed by atoms with van der Waals surface area (Å²) in [5.41, 5.74) is 2.38. The Morgan fingerprint density at radius 1 is 1.11 bits per heavy atom. The Bertz CT molecular complexity index is 938. The Hall–Kier alpha value is -3.35. The van der Waals surface area contributed by atoms with Gasteiger partial charge in [-0.25, -0.2) is 4.39 Å². The van der Waals surface area contributed by atoms with Gasteiger partial charge in [-0.3, -0.25) is 9.89 Å². The molecule has 3 aromatic rings. The lowest BCUT2D eigenvalue weighted by Crippen LogP contribution is -2.27. The van der Waals surface area contributed by atoms with E-state index in [4.69, 9.17) is 9.47 Å². The normalized spacial score (nSPS) is 11.7. The molecule has 2 N–H and O–H groups in total. The van der Waals surface area contributed by atoms with Crippen LogP contribution in [0.25, 0.3) is 11.3 Å². The molecule has 7 heteroatoms. The highest BCUT2D eigenvalue weighted by Crippen LogP contribution is 2.29. The monoisotopic (exact) mass is 369 g/mol. The van der Waals surface area contributed by atoms with E-state index in [1.807, 2.05) is 13.0 Å². The van der Waals surface area contributed by atoms with Gasteiger partial charge in [-0.1, -0.05) is 0 Å². The first kappa shape index (κ1) is 18.4. The minimum atomic E-state index is -0.326. The van der Waals surface area contributed by atoms with Gasteiger partial charge in [0.1, 0.15) is 23.0 Å². The second-order valence-electron chi connectivity index (χ2n) is 5.98. The molecule has 0 bridgehead atoms. The number of aromatic nitrogens is 2. The summed E-state index contributed by atoms with van der Waals surface area (Å²) < 4.78 is 23.7. The van der Waals surface area contributed by atoms with Crippen LogP contribution in [0.2, 0.25) is 0 Å². The first-order chi connectivity index (χ1) is 13.0. The molecule has 140 valence electrons. The van der Waals surface area contributed by atoms with Crippen molar-refractivity contribution in [3.8, 4) is 22.8 Å². The number of nitrogens with zero attached hydrogens (tertiary/aromatic N) is 1. The third-order valence-electron chi connectivity index (χ3n) is 4.21. The number of hydrogen-bond acceptors (Lipinski definition) is 4. The third-order valence-corrected chi connectivity index (χ3v) is 4.21. The van der Waals surface area contributed by atoms with Crippen LogP contribution in [0.3, 0.4) is 0 Å². The van der Waals surface area contributed by atoms with Crippen molar-refractivity contribution in [2.75, 3.05) is 14.2 Å². The maximum Gasteiger partial charge on any atom is 0.269 e. The number of amides is 1. The fraction of sp³-hybridized carbons (Fsp3) is 0.200. The van der Waals surface area contributed by atoms with Crippen molar-refractivity contribution in [3.63, 3.8) is 0 Å². The van der Waals surface area contributed by atoms with E-state index < -0.39 is 0 Å². The van der Waals surface area contributed by atoms with Gasteiger partial charge in [0.15, 0.2) is 0 Å². The van der Waals surface area contributed by atoms with Crippen LogP contribution in [0.4, 0.5) is 4.39 Å². The molecule has 0 saturated carbocycles. The predicted octanol–water partition coefficient (Wildman–Crippen LogP) is 3.72. The van der Waals surface area contributed by atoms with Crippen LogP contribution in [-0.4, -0.2) is 30.3 Å². The summed E-state index contributed by atoms with van der Waals surface area (Å²) in [7, 11) is 3.15. The number of methoxy groups -OCH3 is 2. The summed E-state index contributed by atoms with van der Waals surface area (Å²) in [6.45, 7) is 1.85. The van der Waals surface area contributed by atoms with Crippen LogP contribution in [0.1, 0.15) is 29.0 Å². The number of benzene rings is 2. The number of rotatable bonds is 6. The van der Waals surface area contributed by atoms with Gasteiger partial charge < -0.3 is 14.8 Å². The summed E-state index contributed by atoms with van der Waals surface area (Å²) in [6, 6.07) is 12.6. The molecule has 1 heterocycles. The molecule has 1 amide bonds. The van der Waals surface area contributed by atoms with E-state index >= 15 is 0 Å². The van der Waals surface area contributed by atoms with Gasteiger partial charge >= 0.3 is 0 Å². The van der Waals surface area contributed by atoms with Crippen molar-refractivity contribution in [3.05, 3.63) is 65.6 Å². The topological polar surface area (TPSA) is 76.2 Å². The first-order valence-corrected chi connectivity index (χ1v) is 8.36. The first-order valence-electron chi connectivity index (χ1n) is 8.36. The van der Waals surface area contributed by atoms with Gasteiger partial charge in [0.2, 0.25) is 0 Å². The highest BCUT2D eigenvalue weighted by Gasteiger charge is 2.18. The molecule has 0 spiro atoms. The third kappa shape index (κ3) is 4.08. The molecule has 2 aromatic carbocycles. The van der Waals surface area contributed by atoms with E-state index in [1.54, 1.807) is 44.6 Å². The lowest BCUT2D eigenvalue weighted by atomic mass is 10.1. The molecule has 1 unspecified atom stereocenters. The molecule has 0 aliphatic heterocycles. The largest absolute Gasteiger partial charge is 0.497 e. The SMILES string of the molecule is COc1ccc(OC)c(C(C)NC(=O)c2cc(-c3ccc(F)cc3)n[nH]2)c1. The summed E-state index contributed by atoms with van der Waals surface area (Å²) in [5, 5.41) is 9.75. The van der Waals surface area contributed by atoms with Crippen LogP contribution in [0, 0.1) is 5.82 Å². The molecular formula is C20H20FN3O3. The van der Waals surface area contributed by atoms with Crippen LogP contribution in [0.15, 0.2) is 48.5 Å². The highest BCUT2D eigenvalue weighted by molar-refractivity contribution is 5.93. The number of H-pyrrole nitrogens is 1. The Morgan fingerprint density at radius 3 is 2.52 bits per heavy atom. The Balaban J connectivity index is 1.77. The number of carbonyl (C=O) groups is 1. The number of ether oxygens (including phenoxy) is 2. The Kier molecular flexibility index (Phi) is 5.40. The van der Waals surface area contributed by atoms with Gasteiger partial charge in [0.25, 0.3) is 5.91 Å². The molecule has 0 aliphatic rings. The van der Waals surface area contributed by atoms with Crippen molar-refractivity contribution in [1.29, 1.82) is 0 Å². The second kappa shape index (κ2) is 7.90. The molecule has 0 fully saturated rings. The molecule has 1 atom stereocenters. The Labute approximate surface area is 156 Å². The Morgan fingerprint density at radius 2 is 1.85 bits per heavy atom. The molecule has 6 nitrogen and oxygen atoms in total. The number of halogens is 1. The lowest BCUT2D eigenvalue weighted by molar-refractivity contribution is 0.0934. The quantitative estimate of drug-likeness (QED) is 0.694. The molecule has 3 rings (SSSR count). The molecule has 0 aliphatic carbocycles. The maximum atomic E-state index is 13.0. The second-order valence-corrected chi connectivity index (χ2v) is 5.98. The van der Waals surface area contributed by atoms with E-state index in [0.717, 1.165) is 5.56 Å². The van der Waals surface area contributed by atoms with Crippen molar-refractivity contribution in [2.24, 2.45) is 0 Å². The van der Waals surface area contributed by atoms with E-state index in [2.05, 4.69) is 15.5 Å². The number of carbonyl (C=O) groups excluding carboxylic acids is 1. The zero-order valence-corrected chi connectivity index (χ0v) is 15.2. The summed E-state index contributed by atoms with van der Waals surface area (Å²) in [4.78, 5) is 12.6. The zero-order chi connectivity index (χ0) is 19.4. The highest BCUT2D eigenvalue weighted by atomic mass is 19.1. The number of hydrogen-bond donors (Lipinski definition) is 2. The van der Waals surface area contributed by atoms with Gasteiger partial charge in [-0.15, -0.1) is 0 Å². The molecule has 0 saturated heterocycles. The average molecular weight is 369 g/mol. The van der Waals surface area contributed by atoms with Crippen LogP contribution in [-0.2, 0) is 0 Å². The lowest BCUT2D eigenvalue weighted by Gasteiger charge is -2.17. The van der Waals surface area contributed by atoms with Crippen molar-refractivity contribution in [1.82, 2.24) is 15.5 Å². The van der Waals surface area contributed by atoms with Crippen molar-refractivity contribution >= 4 is 5.91 Å². The number of nitrogens with one attached hydrogen (secondary N) is 2. The molecule has 0 radical (unpaired) electrons. The maximum absolute atomic E-state index is 13.0. The fourth-order valence-corrected chi connectivity index (χ4v) is 2.74. The van der Waals surface area contributed by atoms with Crippen LogP contribution < -0.4 is 14.8 Å². The average Bonchev–Trinajstić information content (AvgIpc) is 3.18. The van der Waals surface area contributed by atoms with Crippen molar-refractivity contribution in [2.45, 2.75) is 13.0 Å². The van der Waals surface area contributed by atoms with Gasteiger partial charge in [-0.2, -0.15) is 5.10 Å². The van der Waals surface area contributed by atoms with E-state index in [9.17, 15) is 9.18 Å². The molecule has 1 aromatic heterocycles. The standard InChI is InChI=1S/C20H20FN3O3/c1-12(16-10-15(26-2)8-9-19(16)27-3)22-20(25)18-11-17(23-24-18)13-4-6-14(21)7-5-13/h4-12H,1-3H3,(H,22,25)(H,23,24). The zero-order valence-electron chi connectivity index (χ0n) is 15.2.